The lowest BCUT2D eigenvalue weighted by molar-refractivity contribution is 0.0682. The van der Waals surface area contributed by atoms with Crippen LogP contribution in [0.15, 0.2) is 33.5 Å². The van der Waals surface area contributed by atoms with Gasteiger partial charge in [-0.25, -0.2) is 14.2 Å². The summed E-state index contributed by atoms with van der Waals surface area (Å²) < 4.78 is 0.823. The van der Waals surface area contributed by atoms with Crippen molar-refractivity contribution in [3.8, 4) is 0 Å². The summed E-state index contributed by atoms with van der Waals surface area (Å²) in [6.07, 6.45) is -1.63. The standard InChI is InChI=1S/C11H6BrNO5/c12-6-2-1-5-3-8(10(15)16)13(11(17)18)9(14)7(5)4-6/h1-4H,(H,15,16)(H,17,18). The molecule has 0 aliphatic rings. The van der Waals surface area contributed by atoms with Crippen LogP contribution < -0.4 is 5.56 Å². The van der Waals surface area contributed by atoms with Crippen molar-refractivity contribution < 1.29 is 19.8 Å². The molecule has 0 bridgehead atoms. The predicted molar refractivity (Wildman–Crippen MR) is 66.3 cm³/mol. The minimum Gasteiger partial charge on any atom is -0.477 e. The summed E-state index contributed by atoms with van der Waals surface area (Å²) in [5.74, 6) is -1.47. The molecule has 0 aliphatic heterocycles. The normalized spacial score (nSPS) is 10.5. The molecule has 6 nitrogen and oxygen atoms in total. The highest BCUT2D eigenvalue weighted by molar-refractivity contribution is 9.10. The Kier molecular flexibility index (Phi) is 2.92. The number of nitrogens with zero attached hydrogens (tertiary/aromatic N) is 1. The van der Waals surface area contributed by atoms with E-state index in [0.29, 0.717) is 9.86 Å². The predicted octanol–water partition coefficient (Wildman–Crippen LogP) is 1.99. The maximum atomic E-state index is 11.9. The molecule has 0 spiro atoms. The van der Waals surface area contributed by atoms with Gasteiger partial charge < -0.3 is 10.2 Å². The van der Waals surface area contributed by atoms with E-state index in [9.17, 15) is 14.4 Å². The van der Waals surface area contributed by atoms with Crippen LogP contribution in [-0.2, 0) is 0 Å². The van der Waals surface area contributed by atoms with Gasteiger partial charge in [-0.1, -0.05) is 22.0 Å². The Morgan fingerprint density at radius 1 is 1.17 bits per heavy atom. The monoisotopic (exact) mass is 311 g/mol. The number of aromatic carboxylic acids is 1. The summed E-state index contributed by atoms with van der Waals surface area (Å²) in [7, 11) is 0. The van der Waals surface area contributed by atoms with E-state index in [0.717, 1.165) is 6.07 Å². The Morgan fingerprint density at radius 2 is 1.83 bits per heavy atom. The van der Waals surface area contributed by atoms with E-state index in [1.54, 1.807) is 12.1 Å². The molecule has 0 aliphatic carbocycles. The third-order valence-electron chi connectivity index (χ3n) is 2.39. The van der Waals surface area contributed by atoms with E-state index in [2.05, 4.69) is 15.9 Å². The fraction of sp³-hybridized carbons (Fsp3) is 0. The van der Waals surface area contributed by atoms with Crippen LogP contribution in [0.2, 0.25) is 0 Å². The van der Waals surface area contributed by atoms with Crippen molar-refractivity contribution in [2.45, 2.75) is 0 Å². The van der Waals surface area contributed by atoms with E-state index in [1.807, 2.05) is 0 Å². The fourth-order valence-corrected chi connectivity index (χ4v) is 1.99. The number of carboxylic acids is 1. The Bertz CT molecular complexity index is 734. The second-order valence-corrected chi connectivity index (χ2v) is 4.41. The molecule has 0 saturated heterocycles. The number of aromatic nitrogens is 1. The number of fused-ring (bicyclic) bond motifs is 1. The fourth-order valence-electron chi connectivity index (χ4n) is 1.63. The summed E-state index contributed by atoms with van der Waals surface area (Å²) in [4.78, 5) is 33.9. The average molecular weight is 312 g/mol. The molecule has 18 heavy (non-hydrogen) atoms. The first-order valence-electron chi connectivity index (χ1n) is 4.73. The van der Waals surface area contributed by atoms with Crippen LogP contribution in [-0.4, -0.2) is 26.8 Å². The van der Waals surface area contributed by atoms with Crippen LogP contribution in [0.1, 0.15) is 10.5 Å². The third kappa shape index (κ3) is 1.88. The van der Waals surface area contributed by atoms with Gasteiger partial charge in [0.1, 0.15) is 5.69 Å². The number of hydrogen-bond donors (Lipinski definition) is 2. The van der Waals surface area contributed by atoms with E-state index in [4.69, 9.17) is 10.2 Å². The Balaban J connectivity index is 3.00. The third-order valence-corrected chi connectivity index (χ3v) is 2.89. The number of halogens is 1. The van der Waals surface area contributed by atoms with Crippen LogP contribution in [0.3, 0.4) is 0 Å². The number of pyridine rings is 1. The molecule has 0 saturated carbocycles. The first-order valence-corrected chi connectivity index (χ1v) is 5.53. The highest BCUT2D eigenvalue weighted by Crippen LogP contribution is 2.18. The number of carboxylic acid groups (broad SMARTS) is 2. The largest absolute Gasteiger partial charge is 0.477 e. The molecule has 0 unspecified atom stereocenters. The first-order chi connectivity index (χ1) is 8.41. The van der Waals surface area contributed by atoms with Gasteiger partial charge >= 0.3 is 12.1 Å². The van der Waals surface area contributed by atoms with E-state index < -0.39 is 23.3 Å². The summed E-state index contributed by atoms with van der Waals surface area (Å²) in [6.45, 7) is 0. The Morgan fingerprint density at radius 3 is 2.39 bits per heavy atom. The lowest BCUT2D eigenvalue weighted by atomic mass is 10.1. The maximum absolute atomic E-state index is 11.9. The zero-order valence-corrected chi connectivity index (χ0v) is 10.3. The number of rotatable bonds is 1. The minimum atomic E-state index is -1.63. The first kappa shape index (κ1) is 12.3. The second kappa shape index (κ2) is 4.26. The van der Waals surface area contributed by atoms with Crippen LogP contribution >= 0.6 is 15.9 Å². The van der Waals surface area contributed by atoms with E-state index in [-0.39, 0.29) is 9.95 Å². The Hall–Kier alpha value is -2.15. The molecule has 0 fully saturated rings. The van der Waals surface area contributed by atoms with Gasteiger partial charge in [0.05, 0.1) is 0 Å². The van der Waals surface area contributed by atoms with Crippen LogP contribution in [0.5, 0.6) is 0 Å². The molecular weight excluding hydrogens is 306 g/mol. The molecule has 2 aromatic rings. The van der Waals surface area contributed by atoms with Gasteiger partial charge in [-0.15, -0.1) is 0 Å². The molecular formula is C11H6BrNO5. The summed E-state index contributed by atoms with van der Waals surface area (Å²) in [6, 6.07) is 5.78. The molecule has 2 N–H and O–H groups in total. The molecule has 2 rings (SSSR count). The molecule has 1 aromatic carbocycles. The average Bonchev–Trinajstić information content (AvgIpc) is 2.28. The lowest BCUT2D eigenvalue weighted by Gasteiger charge is -2.07. The maximum Gasteiger partial charge on any atom is 0.419 e. The lowest BCUT2D eigenvalue weighted by Crippen LogP contribution is -2.30. The number of benzene rings is 1. The second-order valence-electron chi connectivity index (χ2n) is 3.49. The Labute approximate surface area is 108 Å². The molecule has 0 radical (unpaired) electrons. The molecule has 0 atom stereocenters. The summed E-state index contributed by atoms with van der Waals surface area (Å²) in [5.41, 5.74) is -1.46. The molecule has 1 aromatic heterocycles. The van der Waals surface area contributed by atoms with Crippen molar-refractivity contribution in [3.63, 3.8) is 0 Å². The highest BCUT2D eigenvalue weighted by Gasteiger charge is 2.19. The molecule has 1 heterocycles. The van der Waals surface area contributed by atoms with Gasteiger partial charge in [0, 0.05) is 9.86 Å². The van der Waals surface area contributed by atoms with E-state index >= 15 is 0 Å². The van der Waals surface area contributed by atoms with Crippen molar-refractivity contribution in [2.75, 3.05) is 0 Å². The topological polar surface area (TPSA) is 96.6 Å². The number of hydrogen-bond acceptors (Lipinski definition) is 3. The summed E-state index contributed by atoms with van der Waals surface area (Å²) >= 11 is 3.16. The quantitative estimate of drug-likeness (QED) is 0.839. The summed E-state index contributed by atoms with van der Waals surface area (Å²) in [5, 5.41) is 18.3. The minimum absolute atomic E-state index is 0.136. The zero-order chi connectivity index (χ0) is 13.4. The van der Waals surface area contributed by atoms with Crippen LogP contribution in [0.4, 0.5) is 4.79 Å². The molecule has 92 valence electrons. The SMILES string of the molecule is O=C(O)c1cc2ccc(Br)cc2c(=O)n1C(=O)O. The molecule has 7 heteroatoms. The number of carbonyl (C=O) groups is 2. The van der Waals surface area contributed by atoms with Crippen LogP contribution in [0.25, 0.3) is 10.8 Å². The van der Waals surface area contributed by atoms with E-state index in [1.165, 1.54) is 6.07 Å². The van der Waals surface area contributed by atoms with Crippen molar-refractivity contribution in [1.82, 2.24) is 4.57 Å². The molecule has 0 amide bonds. The van der Waals surface area contributed by atoms with Crippen molar-refractivity contribution in [2.24, 2.45) is 0 Å². The smallest absolute Gasteiger partial charge is 0.419 e. The van der Waals surface area contributed by atoms with Gasteiger partial charge in [-0.05, 0) is 23.6 Å². The van der Waals surface area contributed by atoms with Crippen molar-refractivity contribution >= 4 is 38.8 Å². The van der Waals surface area contributed by atoms with Crippen LogP contribution in [0, 0.1) is 0 Å². The van der Waals surface area contributed by atoms with Gasteiger partial charge in [0.2, 0.25) is 0 Å². The van der Waals surface area contributed by atoms with Gasteiger partial charge in [0.15, 0.2) is 0 Å². The van der Waals surface area contributed by atoms with Gasteiger partial charge in [-0.2, -0.15) is 0 Å². The van der Waals surface area contributed by atoms with Crippen molar-refractivity contribution in [1.29, 1.82) is 0 Å². The zero-order valence-electron chi connectivity index (χ0n) is 8.75. The highest BCUT2D eigenvalue weighted by atomic mass is 79.9. The van der Waals surface area contributed by atoms with Gasteiger partial charge in [-0.3, -0.25) is 4.79 Å². The van der Waals surface area contributed by atoms with Crippen molar-refractivity contribution in [3.05, 3.63) is 44.8 Å². The van der Waals surface area contributed by atoms with Gasteiger partial charge in [0.25, 0.3) is 5.56 Å².